The molecule has 1 rings (SSSR count). The van der Waals surface area contributed by atoms with Gasteiger partial charge in [0.1, 0.15) is 5.82 Å². The van der Waals surface area contributed by atoms with Gasteiger partial charge in [-0.3, -0.25) is 4.79 Å². The van der Waals surface area contributed by atoms with E-state index < -0.39 is 5.91 Å². The number of nitrogens with one attached hydrogen (secondary N) is 1. The van der Waals surface area contributed by atoms with Crippen LogP contribution in [0, 0.1) is 0 Å². The van der Waals surface area contributed by atoms with E-state index in [1.165, 1.54) is 12.3 Å². The summed E-state index contributed by atoms with van der Waals surface area (Å²) in [4.78, 5) is 15.2. The molecule has 0 bridgehead atoms. The van der Waals surface area contributed by atoms with Gasteiger partial charge in [0.2, 0.25) is 0 Å². The minimum Gasteiger partial charge on any atom is -0.397 e. The highest BCUT2D eigenvalue weighted by Crippen LogP contribution is 2.18. The van der Waals surface area contributed by atoms with E-state index in [9.17, 15) is 4.79 Å². The lowest BCUT2D eigenvalue weighted by molar-refractivity contribution is 0.100. The Kier molecular flexibility index (Phi) is 3.90. The monoisotopic (exact) mass is 238 g/mol. The van der Waals surface area contributed by atoms with Gasteiger partial charge < -0.3 is 21.5 Å². The highest BCUT2D eigenvalue weighted by atomic mass is 16.5. The summed E-state index contributed by atoms with van der Waals surface area (Å²) >= 11 is 0. The van der Waals surface area contributed by atoms with Crippen molar-refractivity contribution in [1.29, 1.82) is 0 Å². The highest BCUT2D eigenvalue weighted by Gasteiger charge is 2.18. The van der Waals surface area contributed by atoms with Crippen LogP contribution in [0.1, 0.15) is 24.2 Å². The highest BCUT2D eigenvalue weighted by molar-refractivity contribution is 5.98. The Morgan fingerprint density at radius 1 is 1.59 bits per heavy atom. The van der Waals surface area contributed by atoms with Crippen molar-refractivity contribution in [3.05, 3.63) is 17.8 Å². The number of rotatable bonds is 5. The zero-order valence-electron chi connectivity index (χ0n) is 10.3. The molecule has 1 heterocycles. The van der Waals surface area contributed by atoms with Crippen LogP contribution in [0.5, 0.6) is 0 Å². The first kappa shape index (κ1) is 13.2. The third kappa shape index (κ3) is 3.60. The molecule has 1 amide bonds. The number of aromatic nitrogens is 1. The minimum absolute atomic E-state index is 0.260. The molecule has 6 heteroatoms. The van der Waals surface area contributed by atoms with E-state index in [4.69, 9.17) is 16.2 Å². The van der Waals surface area contributed by atoms with Gasteiger partial charge in [-0.15, -0.1) is 0 Å². The Labute approximate surface area is 100 Å². The van der Waals surface area contributed by atoms with Crippen molar-refractivity contribution in [2.24, 2.45) is 5.73 Å². The van der Waals surface area contributed by atoms with Gasteiger partial charge in [-0.05, 0) is 19.9 Å². The second-order valence-electron chi connectivity index (χ2n) is 4.46. The average Bonchev–Trinajstić information content (AvgIpc) is 2.20. The quantitative estimate of drug-likeness (QED) is 0.697. The summed E-state index contributed by atoms with van der Waals surface area (Å²) in [6, 6.07) is 1.54. The third-order valence-electron chi connectivity index (χ3n) is 2.17. The Hall–Kier alpha value is -1.82. The van der Waals surface area contributed by atoms with Crippen LogP contribution in [0.3, 0.4) is 0 Å². The molecule has 0 fully saturated rings. The molecule has 0 aromatic carbocycles. The van der Waals surface area contributed by atoms with Crippen LogP contribution in [-0.2, 0) is 4.74 Å². The number of primary amides is 1. The molecule has 0 aliphatic heterocycles. The van der Waals surface area contributed by atoms with E-state index in [0.29, 0.717) is 12.4 Å². The van der Waals surface area contributed by atoms with E-state index in [1.54, 1.807) is 7.11 Å². The fourth-order valence-electron chi connectivity index (χ4n) is 1.49. The molecular weight excluding hydrogens is 220 g/mol. The van der Waals surface area contributed by atoms with E-state index >= 15 is 0 Å². The molecule has 17 heavy (non-hydrogen) atoms. The van der Waals surface area contributed by atoms with Gasteiger partial charge >= 0.3 is 0 Å². The normalized spacial score (nSPS) is 11.2. The summed E-state index contributed by atoms with van der Waals surface area (Å²) in [5, 5.41) is 3.14. The molecule has 0 radical (unpaired) electrons. The topological polar surface area (TPSA) is 103 Å². The maximum absolute atomic E-state index is 11.1. The minimum atomic E-state index is -0.572. The van der Waals surface area contributed by atoms with Gasteiger partial charge in [0, 0.05) is 7.11 Å². The van der Waals surface area contributed by atoms with Crippen LogP contribution >= 0.6 is 0 Å². The number of hydrogen-bond acceptors (Lipinski definition) is 5. The number of nitrogen functional groups attached to an aromatic ring is 1. The van der Waals surface area contributed by atoms with Crippen LogP contribution < -0.4 is 16.8 Å². The molecule has 0 atom stereocenters. The number of pyridine rings is 1. The Morgan fingerprint density at radius 2 is 2.24 bits per heavy atom. The van der Waals surface area contributed by atoms with Gasteiger partial charge in [0.25, 0.3) is 5.91 Å². The molecule has 0 aliphatic carbocycles. The molecule has 0 aliphatic rings. The zero-order chi connectivity index (χ0) is 13.1. The lowest BCUT2D eigenvalue weighted by Crippen LogP contribution is -2.36. The number of carbonyl (C=O) groups is 1. The van der Waals surface area contributed by atoms with Crippen LogP contribution in [0.25, 0.3) is 0 Å². The van der Waals surface area contributed by atoms with Crippen molar-refractivity contribution in [3.8, 4) is 0 Å². The Bertz CT molecular complexity index is 418. The number of methoxy groups -OCH3 is 1. The Morgan fingerprint density at radius 3 is 2.76 bits per heavy atom. The second-order valence-corrected chi connectivity index (χ2v) is 4.46. The lowest BCUT2D eigenvalue weighted by atomic mass is 10.1. The SMILES string of the molecule is COCC(C)(C)Nc1cc(C(N)=O)c(N)cn1. The third-order valence-corrected chi connectivity index (χ3v) is 2.17. The predicted octanol–water partition coefficient (Wildman–Crippen LogP) is 0.600. The molecule has 0 spiro atoms. The average molecular weight is 238 g/mol. The molecule has 6 nitrogen and oxygen atoms in total. The number of nitrogens with zero attached hydrogens (tertiary/aromatic N) is 1. The van der Waals surface area contributed by atoms with Gasteiger partial charge in [-0.2, -0.15) is 0 Å². The summed E-state index contributed by atoms with van der Waals surface area (Å²) in [5.74, 6) is -0.0347. The predicted molar refractivity (Wildman–Crippen MR) is 66.7 cm³/mol. The molecule has 0 saturated carbocycles. The molecular formula is C11H18N4O2. The zero-order valence-corrected chi connectivity index (χ0v) is 10.3. The van der Waals surface area contributed by atoms with Crippen molar-refractivity contribution in [2.75, 3.05) is 24.8 Å². The number of amides is 1. The first-order chi connectivity index (χ1) is 7.85. The van der Waals surface area contributed by atoms with Crippen LogP contribution in [0.2, 0.25) is 0 Å². The van der Waals surface area contributed by atoms with Crippen molar-refractivity contribution < 1.29 is 9.53 Å². The maximum atomic E-state index is 11.1. The molecule has 0 unspecified atom stereocenters. The number of ether oxygens (including phenoxy) is 1. The molecule has 1 aromatic heterocycles. The van der Waals surface area contributed by atoms with Gasteiger partial charge in [-0.1, -0.05) is 0 Å². The van der Waals surface area contributed by atoms with Crippen molar-refractivity contribution >= 4 is 17.4 Å². The summed E-state index contributed by atoms with van der Waals surface area (Å²) in [7, 11) is 1.62. The summed E-state index contributed by atoms with van der Waals surface area (Å²) in [6.45, 7) is 4.42. The van der Waals surface area contributed by atoms with Gasteiger partial charge in [0.15, 0.2) is 0 Å². The first-order valence-corrected chi connectivity index (χ1v) is 5.18. The van der Waals surface area contributed by atoms with E-state index in [2.05, 4.69) is 10.3 Å². The van der Waals surface area contributed by atoms with Crippen LogP contribution in [0.4, 0.5) is 11.5 Å². The van der Waals surface area contributed by atoms with Crippen LogP contribution in [0.15, 0.2) is 12.3 Å². The molecule has 1 aromatic rings. The summed E-state index contributed by atoms with van der Waals surface area (Å²) in [5.41, 5.74) is 11.0. The van der Waals surface area contributed by atoms with E-state index in [0.717, 1.165) is 0 Å². The van der Waals surface area contributed by atoms with Gasteiger partial charge in [0.05, 0.1) is 29.6 Å². The van der Waals surface area contributed by atoms with Gasteiger partial charge in [-0.25, -0.2) is 4.98 Å². The first-order valence-electron chi connectivity index (χ1n) is 5.18. The van der Waals surface area contributed by atoms with E-state index in [1.807, 2.05) is 13.8 Å². The Balaban J connectivity index is 2.93. The number of hydrogen-bond donors (Lipinski definition) is 3. The van der Waals surface area contributed by atoms with Crippen molar-refractivity contribution in [3.63, 3.8) is 0 Å². The molecule has 0 saturated heterocycles. The lowest BCUT2D eigenvalue weighted by Gasteiger charge is -2.26. The number of carbonyl (C=O) groups excluding carboxylic acids is 1. The van der Waals surface area contributed by atoms with Crippen LogP contribution in [-0.4, -0.2) is 30.1 Å². The van der Waals surface area contributed by atoms with Crippen molar-refractivity contribution in [1.82, 2.24) is 4.98 Å². The second kappa shape index (κ2) is 5.01. The summed E-state index contributed by atoms with van der Waals surface area (Å²) in [6.07, 6.45) is 1.41. The maximum Gasteiger partial charge on any atom is 0.250 e. The van der Waals surface area contributed by atoms with Crippen molar-refractivity contribution in [2.45, 2.75) is 19.4 Å². The van der Waals surface area contributed by atoms with E-state index in [-0.39, 0.29) is 16.8 Å². The fraction of sp³-hybridized carbons (Fsp3) is 0.455. The molecule has 5 N–H and O–H groups in total. The fourth-order valence-corrected chi connectivity index (χ4v) is 1.49. The molecule has 94 valence electrons. The summed E-state index contributed by atoms with van der Waals surface area (Å²) < 4.78 is 5.07. The largest absolute Gasteiger partial charge is 0.397 e. The number of anilines is 2. The number of nitrogens with two attached hydrogens (primary N) is 2. The standard InChI is InChI=1S/C11H18N4O2/c1-11(2,6-17-3)15-9-4-7(10(13)16)8(12)5-14-9/h4-5H,6,12H2,1-3H3,(H2,13,16)(H,14,15). The smallest absolute Gasteiger partial charge is 0.250 e.